The van der Waals surface area contributed by atoms with Crippen molar-refractivity contribution >= 4 is 51.3 Å². The number of carbonyl (C=O) groups excluding carboxylic acids is 2. The highest BCUT2D eigenvalue weighted by atomic mass is 32.2. The van der Waals surface area contributed by atoms with Gasteiger partial charge in [0.05, 0.1) is 10.6 Å². The van der Waals surface area contributed by atoms with E-state index in [0.29, 0.717) is 15.8 Å². The predicted molar refractivity (Wildman–Crippen MR) is 121 cm³/mol. The van der Waals surface area contributed by atoms with E-state index in [0.717, 1.165) is 22.0 Å². The number of nitrogens with zero attached hydrogens (tertiary/aromatic N) is 2. The van der Waals surface area contributed by atoms with Gasteiger partial charge >= 0.3 is 0 Å². The molecule has 4 rings (SSSR count). The first-order chi connectivity index (χ1) is 14.5. The average molecular weight is 417 g/mol. The normalized spacial score (nSPS) is 16.6. The van der Waals surface area contributed by atoms with Crippen LogP contribution in [0.25, 0.3) is 16.8 Å². The van der Waals surface area contributed by atoms with E-state index in [-0.39, 0.29) is 12.5 Å². The second kappa shape index (κ2) is 8.42. The third kappa shape index (κ3) is 4.36. The molecule has 0 aliphatic carbocycles. The second-order valence-corrected chi connectivity index (χ2v) is 7.73. The van der Waals surface area contributed by atoms with Gasteiger partial charge in [0, 0.05) is 7.05 Å². The minimum atomic E-state index is -0.532. The standard InChI is InChI=1S/C23H19N3O3S/c1-26-22(28)20(12-15-6-10-19(11-7-15)29-14-21(24)27)30-23(26)25-18-9-8-16-4-2-3-5-17(16)13-18/h2-13H,14H2,1H3,(H2,24,27)/b20-12-,25-23?. The van der Waals surface area contributed by atoms with Gasteiger partial charge in [0.25, 0.3) is 11.8 Å². The molecular weight excluding hydrogens is 398 g/mol. The van der Waals surface area contributed by atoms with E-state index in [9.17, 15) is 9.59 Å². The van der Waals surface area contributed by atoms with Crippen molar-refractivity contribution in [3.63, 3.8) is 0 Å². The number of thioether (sulfide) groups is 1. The summed E-state index contributed by atoms with van der Waals surface area (Å²) in [6, 6.07) is 21.1. The summed E-state index contributed by atoms with van der Waals surface area (Å²) in [7, 11) is 1.72. The number of nitrogens with two attached hydrogens (primary N) is 1. The molecule has 0 bridgehead atoms. The van der Waals surface area contributed by atoms with Crippen LogP contribution in [0, 0.1) is 0 Å². The van der Waals surface area contributed by atoms with E-state index in [1.165, 1.54) is 11.8 Å². The van der Waals surface area contributed by atoms with Crippen molar-refractivity contribution < 1.29 is 14.3 Å². The van der Waals surface area contributed by atoms with Gasteiger partial charge in [-0.05, 0) is 58.4 Å². The number of likely N-dealkylation sites (N-methyl/N-ethyl adjacent to an activating group) is 1. The van der Waals surface area contributed by atoms with E-state index in [1.807, 2.05) is 54.6 Å². The zero-order chi connectivity index (χ0) is 21.1. The van der Waals surface area contributed by atoms with Crippen molar-refractivity contribution in [2.24, 2.45) is 10.7 Å². The van der Waals surface area contributed by atoms with Gasteiger partial charge in [0.1, 0.15) is 5.75 Å². The fourth-order valence-electron chi connectivity index (χ4n) is 2.97. The van der Waals surface area contributed by atoms with Crippen LogP contribution in [0.5, 0.6) is 5.75 Å². The van der Waals surface area contributed by atoms with Crippen LogP contribution in [0.1, 0.15) is 5.56 Å². The molecule has 1 aliphatic heterocycles. The quantitative estimate of drug-likeness (QED) is 0.637. The number of rotatable bonds is 5. The van der Waals surface area contributed by atoms with Gasteiger partial charge in [-0.25, -0.2) is 4.99 Å². The molecule has 3 aromatic carbocycles. The SMILES string of the molecule is CN1C(=O)/C(=C/c2ccc(OCC(N)=O)cc2)SC1=Nc1ccc2ccccc2c1. The Balaban J connectivity index is 1.54. The fraction of sp³-hybridized carbons (Fsp3) is 0.0870. The van der Waals surface area contributed by atoms with Crippen LogP contribution < -0.4 is 10.5 Å². The predicted octanol–water partition coefficient (Wildman–Crippen LogP) is 3.94. The van der Waals surface area contributed by atoms with Gasteiger partial charge in [0.2, 0.25) is 0 Å². The van der Waals surface area contributed by atoms with Crippen molar-refractivity contribution in [1.82, 2.24) is 4.90 Å². The summed E-state index contributed by atoms with van der Waals surface area (Å²) in [4.78, 5) is 30.2. The summed E-state index contributed by atoms with van der Waals surface area (Å²) < 4.78 is 5.25. The lowest BCUT2D eigenvalue weighted by atomic mass is 10.1. The number of aliphatic imine (C=N–C) groups is 1. The highest BCUT2D eigenvalue weighted by Gasteiger charge is 2.30. The maximum absolute atomic E-state index is 12.6. The molecule has 150 valence electrons. The Morgan fingerprint density at radius 3 is 2.57 bits per heavy atom. The highest BCUT2D eigenvalue weighted by molar-refractivity contribution is 8.18. The number of carbonyl (C=O) groups is 2. The molecule has 2 N–H and O–H groups in total. The summed E-state index contributed by atoms with van der Waals surface area (Å²) in [5.74, 6) is -0.0963. The number of benzene rings is 3. The molecule has 7 heteroatoms. The average Bonchev–Trinajstić information content (AvgIpc) is 3.01. The number of amidine groups is 1. The van der Waals surface area contributed by atoms with Gasteiger partial charge in [-0.15, -0.1) is 0 Å². The number of amides is 2. The van der Waals surface area contributed by atoms with E-state index < -0.39 is 5.91 Å². The molecule has 0 spiro atoms. The van der Waals surface area contributed by atoms with Crippen molar-refractivity contribution in [3.8, 4) is 5.75 Å². The monoisotopic (exact) mass is 417 g/mol. The molecule has 0 atom stereocenters. The van der Waals surface area contributed by atoms with Gasteiger partial charge in [-0.2, -0.15) is 0 Å². The van der Waals surface area contributed by atoms with Gasteiger partial charge in [-0.3, -0.25) is 14.5 Å². The summed E-state index contributed by atoms with van der Waals surface area (Å²) in [5, 5.41) is 2.88. The molecule has 0 aromatic heterocycles. The first kappa shape index (κ1) is 19.7. The molecule has 3 aromatic rings. The van der Waals surface area contributed by atoms with E-state index in [1.54, 1.807) is 24.1 Å². The summed E-state index contributed by atoms with van der Waals surface area (Å²) >= 11 is 1.34. The van der Waals surface area contributed by atoms with Crippen molar-refractivity contribution in [3.05, 3.63) is 77.2 Å². The minimum Gasteiger partial charge on any atom is -0.484 e. The van der Waals surface area contributed by atoms with E-state index in [4.69, 9.17) is 10.5 Å². The summed E-state index contributed by atoms with van der Waals surface area (Å²) in [6.45, 7) is -0.172. The lowest BCUT2D eigenvalue weighted by Crippen LogP contribution is -2.23. The number of fused-ring (bicyclic) bond motifs is 1. The number of hydrogen-bond donors (Lipinski definition) is 1. The zero-order valence-corrected chi connectivity index (χ0v) is 17.1. The van der Waals surface area contributed by atoms with E-state index in [2.05, 4.69) is 11.1 Å². The number of primary amides is 1. The van der Waals surface area contributed by atoms with Crippen LogP contribution in [-0.4, -0.2) is 35.5 Å². The molecule has 0 radical (unpaired) electrons. The summed E-state index contributed by atoms with van der Waals surface area (Å²) in [6.07, 6.45) is 1.81. The smallest absolute Gasteiger partial charge is 0.266 e. The second-order valence-electron chi connectivity index (χ2n) is 6.72. The van der Waals surface area contributed by atoms with Crippen LogP contribution in [0.3, 0.4) is 0 Å². The molecular formula is C23H19N3O3S. The Kier molecular flexibility index (Phi) is 5.54. The fourth-order valence-corrected chi connectivity index (χ4v) is 3.96. The largest absolute Gasteiger partial charge is 0.484 e. The first-order valence-electron chi connectivity index (χ1n) is 9.26. The zero-order valence-electron chi connectivity index (χ0n) is 16.2. The minimum absolute atomic E-state index is 0.103. The Morgan fingerprint density at radius 1 is 1.10 bits per heavy atom. The van der Waals surface area contributed by atoms with Crippen LogP contribution in [0.4, 0.5) is 5.69 Å². The molecule has 6 nitrogen and oxygen atoms in total. The number of hydrogen-bond acceptors (Lipinski definition) is 5. The van der Waals surface area contributed by atoms with Crippen molar-refractivity contribution in [2.45, 2.75) is 0 Å². The Hall–Kier alpha value is -3.58. The molecule has 1 saturated heterocycles. The molecule has 30 heavy (non-hydrogen) atoms. The third-order valence-electron chi connectivity index (χ3n) is 4.52. The number of ether oxygens (including phenoxy) is 1. The topological polar surface area (TPSA) is 85.0 Å². The van der Waals surface area contributed by atoms with Crippen LogP contribution in [-0.2, 0) is 9.59 Å². The lowest BCUT2D eigenvalue weighted by molar-refractivity contribution is -0.121. The molecule has 0 unspecified atom stereocenters. The van der Waals surface area contributed by atoms with Gasteiger partial charge in [0.15, 0.2) is 11.8 Å². The Labute approximate surface area is 178 Å². The van der Waals surface area contributed by atoms with Gasteiger partial charge in [-0.1, -0.05) is 42.5 Å². The third-order valence-corrected chi connectivity index (χ3v) is 5.58. The first-order valence-corrected chi connectivity index (χ1v) is 10.1. The Morgan fingerprint density at radius 2 is 1.83 bits per heavy atom. The van der Waals surface area contributed by atoms with Crippen LogP contribution >= 0.6 is 11.8 Å². The highest BCUT2D eigenvalue weighted by Crippen LogP contribution is 2.34. The van der Waals surface area contributed by atoms with Crippen molar-refractivity contribution in [2.75, 3.05) is 13.7 Å². The molecule has 1 heterocycles. The van der Waals surface area contributed by atoms with Crippen molar-refractivity contribution in [1.29, 1.82) is 0 Å². The van der Waals surface area contributed by atoms with E-state index >= 15 is 0 Å². The molecule has 1 aliphatic rings. The molecule has 1 fully saturated rings. The molecule has 0 saturated carbocycles. The maximum Gasteiger partial charge on any atom is 0.266 e. The lowest BCUT2D eigenvalue weighted by Gasteiger charge is -2.07. The maximum atomic E-state index is 12.6. The summed E-state index contributed by atoms with van der Waals surface area (Å²) in [5.41, 5.74) is 6.72. The molecule has 2 amide bonds. The van der Waals surface area contributed by atoms with Crippen LogP contribution in [0.2, 0.25) is 0 Å². The Bertz CT molecular complexity index is 1190. The van der Waals surface area contributed by atoms with Crippen LogP contribution in [0.15, 0.2) is 76.6 Å². The van der Waals surface area contributed by atoms with Gasteiger partial charge < -0.3 is 10.5 Å².